The summed E-state index contributed by atoms with van der Waals surface area (Å²) >= 11 is 0. The van der Waals surface area contributed by atoms with Gasteiger partial charge in [0, 0.05) is 22.3 Å². The maximum absolute atomic E-state index is 2.49. The number of hydrogen-bond acceptors (Lipinski definition) is 1. The molecular formula is C56H39N. The normalized spacial score (nSPS) is 11.2. The minimum Gasteiger partial charge on any atom is -0.309 e. The molecule has 0 aliphatic carbocycles. The van der Waals surface area contributed by atoms with Crippen LogP contribution in [-0.2, 0) is 0 Å². The Hall–Kier alpha value is -7.48. The number of benzene rings is 10. The molecule has 1 nitrogen and oxygen atoms in total. The van der Waals surface area contributed by atoms with Gasteiger partial charge in [-0.1, -0.05) is 212 Å². The molecule has 0 fully saturated rings. The summed E-state index contributed by atoms with van der Waals surface area (Å²) in [7, 11) is 0. The number of fused-ring (bicyclic) bond motifs is 3. The highest BCUT2D eigenvalue weighted by molar-refractivity contribution is 6.22. The highest BCUT2D eigenvalue weighted by Gasteiger charge is 2.25. The first-order chi connectivity index (χ1) is 28.3. The number of hydrogen-bond donors (Lipinski definition) is 0. The molecule has 10 aromatic carbocycles. The average molecular weight is 726 g/mol. The van der Waals surface area contributed by atoms with E-state index in [1.165, 1.54) is 77.2 Å². The molecule has 0 saturated heterocycles. The zero-order valence-corrected chi connectivity index (χ0v) is 31.5. The summed E-state index contributed by atoms with van der Waals surface area (Å²) in [5, 5.41) is 4.87. The van der Waals surface area contributed by atoms with E-state index in [-0.39, 0.29) is 0 Å². The topological polar surface area (TPSA) is 3.24 Å². The fourth-order valence-electron chi connectivity index (χ4n) is 8.35. The summed E-state index contributed by atoms with van der Waals surface area (Å²) < 4.78 is 0. The van der Waals surface area contributed by atoms with Gasteiger partial charge in [0.25, 0.3) is 0 Å². The highest BCUT2D eigenvalue weighted by atomic mass is 15.1. The van der Waals surface area contributed by atoms with Gasteiger partial charge in [0.15, 0.2) is 0 Å². The maximum atomic E-state index is 2.49. The molecular weight excluding hydrogens is 687 g/mol. The average Bonchev–Trinajstić information content (AvgIpc) is 3.30. The monoisotopic (exact) mass is 725 g/mol. The van der Waals surface area contributed by atoms with Crippen molar-refractivity contribution in [3.05, 3.63) is 237 Å². The van der Waals surface area contributed by atoms with E-state index in [1.54, 1.807) is 0 Å². The van der Waals surface area contributed by atoms with Crippen molar-refractivity contribution in [2.45, 2.75) is 0 Å². The Morgan fingerprint density at radius 2 is 0.596 bits per heavy atom. The summed E-state index contributed by atoms with van der Waals surface area (Å²) in [6.07, 6.45) is 0. The number of anilines is 3. The van der Waals surface area contributed by atoms with Crippen LogP contribution in [0, 0.1) is 0 Å². The first-order valence-corrected chi connectivity index (χ1v) is 19.6. The molecule has 10 rings (SSSR count). The molecule has 0 saturated carbocycles. The third kappa shape index (κ3) is 6.46. The summed E-state index contributed by atoms with van der Waals surface area (Å²) in [4.78, 5) is 2.49. The van der Waals surface area contributed by atoms with Crippen LogP contribution in [0.1, 0.15) is 0 Å². The lowest BCUT2D eigenvalue weighted by Crippen LogP contribution is -2.13. The van der Waals surface area contributed by atoms with Crippen LogP contribution in [0.25, 0.3) is 77.2 Å². The summed E-state index contributed by atoms with van der Waals surface area (Å²) in [5.74, 6) is 0. The van der Waals surface area contributed by atoms with Crippen molar-refractivity contribution < 1.29 is 0 Å². The van der Waals surface area contributed by atoms with Crippen LogP contribution in [0.3, 0.4) is 0 Å². The Morgan fingerprint density at radius 3 is 1.14 bits per heavy atom. The standard InChI is InChI=1S/C56H39N/c1-5-17-40(18-6-1)42-29-31-46(32-30-42)55-52-27-15-13-25-50(52)51-26-14-16-28-53(51)56(55)57(47-35-33-43(34-36-47)41-19-7-2-8-20-41)48-37-38-49(44-21-9-3-10-22-44)54(39-48)45-23-11-4-12-24-45/h1-39H. The predicted octanol–water partition coefficient (Wildman–Crippen LogP) is 15.8. The maximum Gasteiger partial charge on any atom is 0.0624 e. The van der Waals surface area contributed by atoms with Crippen molar-refractivity contribution in [3.8, 4) is 55.6 Å². The molecule has 0 aromatic heterocycles. The van der Waals surface area contributed by atoms with Crippen LogP contribution >= 0.6 is 0 Å². The SMILES string of the molecule is c1ccc(-c2ccc(-c3c(N(c4ccc(-c5ccccc5)cc4)c4ccc(-c5ccccc5)c(-c5ccccc5)c4)c4ccccc4c4ccccc34)cc2)cc1. The van der Waals surface area contributed by atoms with Crippen LogP contribution in [-0.4, -0.2) is 0 Å². The van der Waals surface area contributed by atoms with Gasteiger partial charge in [0.1, 0.15) is 0 Å². The van der Waals surface area contributed by atoms with E-state index in [0.29, 0.717) is 0 Å². The molecule has 0 unspecified atom stereocenters. The zero-order chi connectivity index (χ0) is 38.0. The van der Waals surface area contributed by atoms with E-state index in [0.717, 1.165) is 17.1 Å². The van der Waals surface area contributed by atoms with Gasteiger partial charge in [0.05, 0.1) is 5.69 Å². The second-order valence-electron chi connectivity index (χ2n) is 14.5. The highest BCUT2D eigenvalue weighted by Crippen LogP contribution is 2.50. The van der Waals surface area contributed by atoms with Crippen molar-refractivity contribution in [2.75, 3.05) is 4.90 Å². The lowest BCUT2D eigenvalue weighted by molar-refractivity contribution is 1.30. The lowest BCUT2D eigenvalue weighted by atomic mass is 9.89. The van der Waals surface area contributed by atoms with Gasteiger partial charge >= 0.3 is 0 Å². The van der Waals surface area contributed by atoms with E-state index in [2.05, 4.69) is 241 Å². The molecule has 0 radical (unpaired) electrons. The Labute approximate surface area is 334 Å². The van der Waals surface area contributed by atoms with Crippen molar-refractivity contribution in [3.63, 3.8) is 0 Å². The largest absolute Gasteiger partial charge is 0.309 e. The summed E-state index contributed by atoms with van der Waals surface area (Å²) in [5.41, 5.74) is 15.2. The van der Waals surface area contributed by atoms with Gasteiger partial charge in [-0.05, 0) is 90.5 Å². The molecule has 0 N–H and O–H groups in total. The molecule has 0 spiro atoms. The zero-order valence-electron chi connectivity index (χ0n) is 31.5. The Balaban J connectivity index is 1.28. The van der Waals surface area contributed by atoms with E-state index >= 15 is 0 Å². The molecule has 0 bridgehead atoms. The molecule has 1 heteroatoms. The van der Waals surface area contributed by atoms with Gasteiger partial charge in [-0.25, -0.2) is 0 Å². The minimum atomic E-state index is 1.09. The van der Waals surface area contributed by atoms with Gasteiger partial charge < -0.3 is 4.90 Å². The smallest absolute Gasteiger partial charge is 0.0624 e. The molecule has 0 heterocycles. The third-order valence-electron chi connectivity index (χ3n) is 11.1. The second-order valence-corrected chi connectivity index (χ2v) is 14.5. The third-order valence-corrected chi connectivity index (χ3v) is 11.1. The van der Waals surface area contributed by atoms with E-state index in [9.17, 15) is 0 Å². The van der Waals surface area contributed by atoms with E-state index in [1.807, 2.05) is 0 Å². The fourth-order valence-corrected chi connectivity index (χ4v) is 8.35. The summed E-state index contributed by atoms with van der Waals surface area (Å²) in [6, 6.07) is 85.7. The molecule has 268 valence electrons. The number of rotatable bonds is 8. The Morgan fingerprint density at radius 1 is 0.228 bits per heavy atom. The van der Waals surface area contributed by atoms with E-state index < -0.39 is 0 Å². The van der Waals surface area contributed by atoms with Crippen LogP contribution in [0.2, 0.25) is 0 Å². The minimum absolute atomic E-state index is 1.09. The lowest BCUT2D eigenvalue weighted by Gasteiger charge is -2.31. The first kappa shape index (κ1) is 34.0. The van der Waals surface area contributed by atoms with Gasteiger partial charge in [-0.3, -0.25) is 0 Å². The van der Waals surface area contributed by atoms with Crippen molar-refractivity contribution in [1.29, 1.82) is 0 Å². The fraction of sp³-hybridized carbons (Fsp3) is 0. The van der Waals surface area contributed by atoms with Crippen molar-refractivity contribution in [2.24, 2.45) is 0 Å². The number of nitrogens with zero attached hydrogens (tertiary/aromatic N) is 1. The van der Waals surface area contributed by atoms with Crippen LogP contribution in [0.15, 0.2) is 237 Å². The molecule has 57 heavy (non-hydrogen) atoms. The van der Waals surface area contributed by atoms with Crippen molar-refractivity contribution >= 4 is 38.6 Å². The summed E-state index contributed by atoms with van der Waals surface area (Å²) in [6.45, 7) is 0. The molecule has 10 aromatic rings. The van der Waals surface area contributed by atoms with Gasteiger partial charge in [0.2, 0.25) is 0 Å². The Bertz CT molecular complexity index is 2950. The predicted molar refractivity (Wildman–Crippen MR) is 243 cm³/mol. The molecule has 0 aliphatic rings. The first-order valence-electron chi connectivity index (χ1n) is 19.6. The van der Waals surface area contributed by atoms with Crippen LogP contribution in [0.5, 0.6) is 0 Å². The van der Waals surface area contributed by atoms with Crippen LogP contribution in [0.4, 0.5) is 17.1 Å². The molecule has 0 amide bonds. The quantitative estimate of drug-likeness (QED) is 0.141. The Kier molecular flexibility index (Phi) is 8.95. The van der Waals surface area contributed by atoms with Gasteiger partial charge in [-0.15, -0.1) is 0 Å². The molecule has 0 atom stereocenters. The van der Waals surface area contributed by atoms with Crippen molar-refractivity contribution in [1.82, 2.24) is 0 Å². The second kappa shape index (κ2) is 15.0. The van der Waals surface area contributed by atoms with Gasteiger partial charge in [-0.2, -0.15) is 0 Å². The van der Waals surface area contributed by atoms with E-state index in [4.69, 9.17) is 0 Å². The van der Waals surface area contributed by atoms with Crippen LogP contribution < -0.4 is 4.90 Å². The molecule has 0 aliphatic heterocycles.